The second-order valence-corrected chi connectivity index (χ2v) is 7.77. The second kappa shape index (κ2) is 11.7. The van der Waals surface area contributed by atoms with Gasteiger partial charge in [-0.3, -0.25) is 14.6 Å². The maximum absolute atomic E-state index is 12.6. The molecular weight excluding hydrogens is 358 g/mol. The molecule has 2 aromatic carbocycles. The minimum Gasteiger partial charge on any atom is -0.348 e. The summed E-state index contributed by atoms with van der Waals surface area (Å²) in [5.41, 5.74) is 4.41. The van der Waals surface area contributed by atoms with E-state index in [1.807, 2.05) is 18.2 Å². The highest BCUT2D eigenvalue weighted by Gasteiger charge is 2.11. The van der Waals surface area contributed by atoms with Crippen molar-refractivity contribution in [3.05, 3.63) is 70.8 Å². The van der Waals surface area contributed by atoms with Crippen molar-refractivity contribution in [2.75, 3.05) is 19.6 Å². The molecule has 29 heavy (non-hydrogen) atoms. The Balaban J connectivity index is 1.98. The fourth-order valence-corrected chi connectivity index (χ4v) is 3.51. The summed E-state index contributed by atoms with van der Waals surface area (Å²) in [6.07, 6.45) is 0. The van der Waals surface area contributed by atoms with Gasteiger partial charge in [-0.15, -0.1) is 0 Å². The molecule has 1 N–H and O–H groups in total. The number of carbonyl (C=O) groups excluding carboxylic acids is 1. The summed E-state index contributed by atoms with van der Waals surface area (Å²) in [5.74, 6) is -0.0228. The summed E-state index contributed by atoms with van der Waals surface area (Å²) in [4.78, 5) is 17.4. The van der Waals surface area contributed by atoms with E-state index in [2.05, 4.69) is 80.1 Å². The van der Waals surface area contributed by atoms with Crippen molar-refractivity contribution in [3.63, 3.8) is 0 Å². The van der Waals surface area contributed by atoms with Gasteiger partial charge in [0.15, 0.2) is 0 Å². The molecular formula is C25H37N3O. The van der Waals surface area contributed by atoms with Crippen LogP contribution in [0.3, 0.4) is 0 Å². The largest absolute Gasteiger partial charge is 0.348 e. The quantitative estimate of drug-likeness (QED) is 0.600. The van der Waals surface area contributed by atoms with Crippen LogP contribution in [0.1, 0.15) is 61.7 Å². The first-order chi connectivity index (χ1) is 14.0. The Bertz CT molecular complexity index is 751. The van der Waals surface area contributed by atoms with Crippen LogP contribution in [-0.4, -0.2) is 41.4 Å². The van der Waals surface area contributed by atoms with E-state index in [4.69, 9.17) is 0 Å². The third-order valence-corrected chi connectivity index (χ3v) is 5.58. The SMILES string of the molecule is CCN(CC)Cc1ccccc1CNC(=O)c1ccc(CN(CC)C(C)C)cc1. The third-order valence-electron chi connectivity index (χ3n) is 5.58. The molecule has 158 valence electrons. The monoisotopic (exact) mass is 395 g/mol. The molecule has 0 aromatic heterocycles. The van der Waals surface area contributed by atoms with Gasteiger partial charge in [0, 0.05) is 31.2 Å². The van der Waals surface area contributed by atoms with Gasteiger partial charge in [0.1, 0.15) is 0 Å². The minimum absolute atomic E-state index is 0.0228. The normalized spacial score (nSPS) is 11.4. The van der Waals surface area contributed by atoms with Crippen LogP contribution in [0.15, 0.2) is 48.5 Å². The predicted octanol–water partition coefficient (Wildman–Crippen LogP) is 4.69. The lowest BCUT2D eigenvalue weighted by atomic mass is 10.1. The van der Waals surface area contributed by atoms with Crippen LogP contribution in [0.4, 0.5) is 0 Å². The summed E-state index contributed by atoms with van der Waals surface area (Å²) in [6, 6.07) is 16.9. The summed E-state index contributed by atoms with van der Waals surface area (Å²) in [5, 5.41) is 3.09. The molecule has 0 bridgehead atoms. The van der Waals surface area contributed by atoms with Crippen molar-refractivity contribution in [1.82, 2.24) is 15.1 Å². The molecule has 2 aromatic rings. The third kappa shape index (κ3) is 6.98. The van der Waals surface area contributed by atoms with Crippen LogP contribution in [-0.2, 0) is 19.6 Å². The molecule has 0 unspecified atom stereocenters. The molecule has 0 radical (unpaired) electrons. The lowest BCUT2D eigenvalue weighted by Gasteiger charge is -2.24. The number of rotatable bonds is 11. The van der Waals surface area contributed by atoms with Gasteiger partial charge in [0.05, 0.1) is 0 Å². The minimum atomic E-state index is -0.0228. The molecule has 1 amide bonds. The predicted molar refractivity (Wildman–Crippen MR) is 122 cm³/mol. The van der Waals surface area contributed by atoms with Gasteiger partial charge >= 0.3 is 0 Å². The van der Waals surface area contributed by atoms with Crippen LogP contribution in [0.25, 0.3) is 0 Å². The number of nitrogens with one attached hydrogen (secondary N) is 1. The highest BCUT2D eigenvalue weighted by atomic mass is 16.1. The zero-order valence-electron chi connectivity index (χ0n) is 18.7. The van der Waals surface area contributed by atoms with Crippen LogP contribution in [0.2, 0.25) is 0 Å². The van der Waals surface area contributed by atoms with Crippen molar-refractivity contribution in [2.24, 2.45) is 0 Å². The molecule has 0 saturated heterocycles. The van der Waals surface area contributed by atoms with Crippen molar-refractivity contribution >= 4 is 5.91 Å². The lowest BCUT2D eigenvalue weighted by molar-refractivity contribution is 0.0950. The van der Waals surface area contributed by atoms with Gasteiger partial charge in [-0.1, -0.05) is 57.2 Å². The van der Waals surface area contributed by atoms with Crippen molar-refractivity contribution < 1.29 is 4.79 Å². The van der Waals surface area contributed by atoms with E-state index >= 15 is 0 Å². The van der Waals surface area contributed by atoms with Crippen LogP contribution in [0, 0.1) is 0 Å². The zero-order chi connectivity index (χ0) is 21.2. The Morgan fingerprint density at radius 1 is 0.862 bits per heavy atom. The Morgan fingerprint density at radius 3 is 2.03 bits per heavy atom. The van der Waals surface area contributed by atoms with Crippen molar-refractivity contribution in [3.8, 4) is 0 Å². The molecule has 4 nitrogen and oxygen atoms in total. The van der Waals surface area contributed by atoms with E-state index in [9.17, 15) is 4.79 Å². The molecule has 0 aliphatic rings. The first kappa shape index (κ1) is 23.1. The smallest absolute Gasteiger partial charge is 0.251 e. The first-order valence-corrected chi connectivity index (χ1v) is 10.9. The number of benzene rings is 2. The molecule has 0 aliphatic heterocycles. The Labute approximate surface area is 176 Å². The van der Waals surface area contributed by atoms with E-state index in [1.165, 1.54) is 16.7 Å². The van der Waals surface area contributed by atoms with Gasteiger partial charge in [-0.2, -0.15) is 0 Å². The van der Waals surface area contributed by atoms with Crippen LogP contribution >= 0.6 is 0 Å². The topological polar surface area (TPSA) is 35.6 Å². The maximum Gasteiger partial charge on any atom is 0.251 e. The highest BCUT2D eigenvalue weighted by Crippen LogP contribution is 2.13. The molecule has 0 aliphatic carbocycles. The molecule has 0 heterocycles. The number of hydrogen-bond donors (Lipinski definition) is 1. The van der Waals surface area contributed by atoms with Crippen LogP contribution in [0.5, 0.6) is 0 Å². The van der Waals surface area contributed by atoms with Crippen molar-refractivity contribution in [2.45, 2.75) is 60.3 Å². The van der Waals surface area contributed by atoms with Gasteiger partial charge < -0.3 is 5.32 Å². The Hall–Kier alpha value is -2.17. The van der Waals surface area contributed by atoms with Crippen LogP contribution < -0.4 is 5.32 Å². The standard InChI is InChI=1S/C25H37N3O/c1-6-27(7-2)19-24-12-10-9-11-23(24)17-26-25(29)22-15-13-21(14-16-22)18-28(8-3)20(4)5/h9-16,20H,6-8,17-19H2,1-5H3,(H,26,29). The average Bonchev–Trinajstić information content (AvgIpc) is 2.74. The van der Waals surface area contributed by atoms with E-state index in [1.54, 1.807) is 0 Å². The summed E-state index contributed by atoms with van der Waals surface area (Å²) >= 11 is 0. The Morgan fingerprint density at radius 2 is 1.48 bits per heavy atom. The fraction of sp³-hybridized carbons (Fsp3) is 0.480. The Kier molecular flexibility index (Phi) is 9.36. The second-order valence-electron chi connectivity index (χ2n) is 7.77. The fourth-order valence-electron chi connectivity index (χ4n) is 3.51. The molecule has 2 rings (SSSR count). The summed E-state index contributed by atoms with van der Waals surface area (Å²) in [7, 11) is 0. The highest BCUT2D eigenvalue weighted by molar-refractivity contribution is 5.94. The first-order valence-electron chi connectivity index (χ1n) is 10.9. The van der Waals surface area contributed by atoms with Gasteiger partial charge in [-0.05, 0) is 62.3 Å². The molecule has 0 atom stereocenters. The number of amides is 1. The molecule has 0 spiro atoms. The van der Waals surface area contributed by atoms with Gasteiger partial charge in [-0.25, -0.2) is 0 Å². The van der Waals surface area contributed by atoms with E-state index in [0.29, 0.717) is 18.2 Å². The van der Waals surface area contributed by atoms with Gasteiger partial charge in [0.2, 0.25) is 0 Å². The number of nitrogens with zero attached hydrogens (tertiary/aromatic N) is 2. The molecule has 0 saturated carbocycles. The van der Waals surface area contributed by atoms with E-state index in [-0.39, 0.29) is 5.91 Å². The maximum atomic E-state index is 12.6. The zero-order valence-corrected chi connectivity index (χ0v) is 18.7. The number of hydrogen-bond acceptors (Lipinski definition) is 3. The molecule has 0 fully saturated rings. The molecule has 4 heteroatoms. The van der Waals surface area contributed by atoms with Crippen molar-refractivity contribution in [1.29, 1.82) is 0 Å². The van der Waals surface area contributed by atoms with Gasteiger partial charge in [0.25, 0.3) is 5.91 Å². The summed E-state index contributed by atoms with van der Waals surface area (Å²) < 4.78 is 0. The van der Waals surface area contributed by atoms with E-state index < -0.39 is 0 Å². The summed E-state index contributed by atoms with van der Waals surface area (Å²) in [6.45, 7) is 16.4. The number of carbonyl (C=O) groups is 1. The lowest BCUT2D eigenvalue weighted by Crippen LogP contribution is -2.30. The van der Waals surface area contributed by atoms with E-state index in [0.717, 1.165) is 32.7 Å². The average molecular weight is 396 g/mol.